The standard InChI is InChI=1S/C34H34ClN3O4S/c1-25-15-20-28(35)23-32(25)38(43(41,42)29-11-5-4-6-12-29)24-26-16-18-27(19-17-26)33(39)36-31-14-8-7-13-30(31)34(40)37-21-9-2-3-10-22-37/h4-8,11-20,23H,2-3,9-10,21-22,24H2,1H3,(H,36,39). The molecule has 0 aromatic heterocycles. The molecule has 4 aromatic rings. The van der Waals surface area contributed by atoms with Gasteiger partial charge in [0.25, 0.3) is 21.8 Å². The van der Waals surface area contributed by atoms with Gasteiger partial charge < -0.3 is 10.2 Å². The van der Waals surface area contributed by atoms with E-state index < -0.39 is 10.0 Å². The van der Waals surface area contributed by atoms with Crippen molar-refractivity contribution in [2.45, 2.75) is 44.0 Å². The van der Waals surface area contributed by atoms with E-state index >= 15 is 0 Å². The van der Waals surface area contributed by atoms with Crippen LogP contribution in [0.15, 0.2) is 102 Å². The van der Waals surface area contributed by atoms with Crippen molar-refractivity contribution in [2.75, 3.05) is 22.7 Å². The maximum atomic E-state index is 13.8. The Morgan fingerprint density at radius 2 is 1.49 bits per heavy atom. The normalized spacial score (nSPS) is 13.7. The van der Waals surface area contributed by atoms with Gasteiger partial charge in [-0.05, 0) is 79.4 Å². The number of amides is 2. The van der Waals surface area contributed by atoms with E-state index in [-0.39, 0.29) is 23.3 Å². The van der Waals surface area contributed by atoms with E-state index in [1.54, 1.807) is 97.1 Å². The topological polar surface area (TPSA) is 86.8 Å². The largest absolute Gasteiger partial charge is 0.339 e. The van der Waals surface area contributed by atoms with Gasteiger partial charge in [0.15, 0.2) is 0 Å². The Hall–Kier alpha value is -4.14. The number of benzene rings is 4. The van der Waals surface area contributed by atoms with Crippen LogP contribution >= 0.6 is 11.6 Å². The third-order valence-corrected chi connectivity index (χ3v) is 9.62. The van der Waals surface area contributed by atoms with Gasteiger partial charge in [0.05, 0.1) is 28.4 Å². The minimum absolute atomic E-state index is 0.0352. The molecule has 0 unspecified atom stereocenters. The first-order valence-electron chi connectivity index (χ1n) is 14.4. The minimum atomic E-state index is -3.92. The lowest BCUT2D eigenvalue weighted by molar-refractivity contribution is 0.0762. The Morgan fingerprint density at radius 1 is 0.837 bits per heavy atom. The summed E-state index contributed by atoms with van der Waals surface area (Å²) in [5, 5.41) is 3.33. The lowest BCUT2D eigenvalue weighted by Crippen LogP contribution is -2.32. The van der Waals surface area contributed by atoms with Crippen molar-refractivity contribution in [3.63, 3.8) is 0 Å². The van der Waals surface area contributed by atoms with Crippen LogP contribution in [0.5, 0.6) is 0 Å². The van der Waals surface area contributed by atoms with Crippen molar-refractivity contribution < 1.29 is 18.0 Å². The van der Waals surface area contributed by atoms with Crippen LogP contribution in [0.4, 0.5) is 11.4 Å². The molecule has 43 heavy (non-hydrogen) atoms. The molecule has 1 saturated heterocycles. The van der Waals surface area contributed by atoms with Crippen LogP contribution in [0.2, 0.25) is 5.02 Å². The Balaban J connectivity index is 1.37. The van der Waals surface area contributed by atoms with Crippen LogP contribution in [0.3, 0.4) is 0 Å². The highest BCUT2D eigenvalue weighted by Gasteiger charge is 2.27. The number of halogens is 1. The molecule has 7 nitrogen and oxygen atoms in total. The molecule has 0 spiro atoms. The van der Waals surface area contributed by atoms with Crippen molar-refractivity contribution in [3.8, 4) is 0 Å². The maximum Gasteiger partial charge on any atom is 0.264 e. The number of nitrogens with one attached hydrogen (secondary N) is 1. The predicted molar refractivity (Wildman–Crippen MR) is 171 cm³/mol. The van der Waals surface area contributed by atoms with Crippen molar-refractivity contribution in [1.29, 1.82) is 0 Å². The number of sulfonamides is 1. The van der Waals surface area contributed by atoms with Crippen LogP contribution < -0.4 is 9.62 Å². The average molecular weight is 616 g/mol. The van der Waals surface area contributed by atoms with Crippen LogP contribution in [-0.4, -0.2) is 38.2 Å². The molecule has 0 saturated carbocycles. The molecule has 5 rings (SSSR count). The summed E-state index contributed by atoms with van der Waals surface area (Å²) in [5.74, 6) is -0.439. The van der Waals surface area contributed by atoms with Crippen LogP contribution in [0.25, 0.3) is 0 Å². The van der Waals surface area contributed by atoms with Crippen LogP contribution in [0.1, 0.15) is 57.5 Å². The van der Waals surface area contributed by atoms with E-state index in [0.717, 1.165) is 31.2 Å². The van der Waals surface area contributed by atoms with Crippen molar-refractivity contribution >= 4 is 44.8 Å². The number of rotatable bonds is 8. The number of carbonyl (C=O) groups is 2. The van der Waals surface area contributed by atoms with Gasteiger partial charge in [-0.1, -0.05) is 73.0 Å². The molecule has 9 heteroatoms. The van der Waals surface area contributed by atoms with Crippen LogP contribution in [0, 0.1) is 6.92 Å². The summed E-state index contributed by atoms with van der Waals surface area (Å²) in [6.07, 6.45) is 4.20. The maximum absolute atomic E-state index is 13.8. The minimum Gasteiger partial charge on any atom is -0.339 e. The van der Waals surface area contributed by atoms with Crippen molar-refractivity contribution in [3.05, 3.63) is 124 Å². The van der Waals surface area contributed by atoms with Crippen molar-refractivity contribution in [2.24, 2.45) is 0 Å². The van der Waals surface area contributed by atoms with Gasteiger partial charge >= 0.3 is 0 Å². The summed E-state index contributed by atoms with van der Waals surface area (Å²) in [6.45, 7) is 3.30. The molecule has 1 aliphatic heterocycles. The van der Waals surface area contributed by atoms with Gasteiger partial charge in [-0.15, -0.1) is 0 Å². The molecular formula is C34H34ClN3O4S. The summed E-state index contributed by atoms with van der Waals surface area (Å²) in [6, 6.07) is 27.2. The van der Waals surface area contributed by atoms with E-state index in [9.17, 15) is 18.0 Å². The molecule has 4 aromatic carbocycles. The highest BCUT2D eigenvalue weighted by molar-refractivity contribution is 7.92. The van der Waals surface area contributed by atoms with E-state index in [0.29, 0.717) is 46.2 Å². The zero-order chi connectivity index (χ0) is 30.4. The predicted octanol–water partition coefficient (Wildman–Crippen LogP) is 7.31. The lowest BCUT2D eigenvalue weighted by Gasteiger charge is -2.26. The van der Waals surface area contributed by atoms with Gasteiger partial charge in [-0.2, -0.15) is 0 Å². The number of para-hydroxylation sites is 1. The van der Waals surface area contributed by atoms with Gasteiger partial charge in [-0.3, -0.25) is 13.9 Å². The number of likely N-dealkylation sites (tertiary alicyclic amines) is 1. The van der Waals surface area contributed by atoms with Gasteiger partial charge in [-0.25, -0.2) is 8.42 Å². The van der Waals surface area contributed by atoms with Gasteiger partial charge in [0.2, 0.25) is 0 Å². The second kappa shape index (κ2) is 13.4. The zero-order valence-corrected chi connectivity index (χ0v) is 25.6. The second-order valence-electron chi connectivity index (χ2n) is 10.7. The summed E-state index contributed by atoms with van der Waals surface area (Å²) in [7, 11) is -3.92. The Morgan fingerprint density at radius 3 is 2.19 bits per heavy atom. The fourth-order valence-corrected chi connectivity index (χ4v) is 6.91. The lowest BCUT2D eigenvalue weighted by atomic mass is 10.1. The van der Waals surface area contributed by atoms with E-state index in [1.807, 2.05) is 11.8 Å². The molecule has 1 aliphatic rings. The highest BCUT2D eigenvalue weighted by atomic mass is 35.5. The highest BCUT2D eigenvalue weighted by Crippen LogP contribution is 2.31. The number of aryl methyl sites for hydroxylation is 1. The fourth-order valence-electron chi connectivity index (χ4n) is 5.22. The second-order valence-corrected chi connectivity index (χ2v) is 13.0. The van der Waals surface area contributed by atoms with Gasteiger partial charge in [0, 0.05) is 23.7 Å². The number of carbonyl (C=O) groups excluding carboxylic acids is 2. The molecule has 2 amide bonds. The van der Waals surface area contributed by atoms with Crippen molar-refractivity contribution in [1.82, 2.24) is 4.90 Å². The molecule has 1 N–H and O–H groups in total. The zero-order valence-electron chi connectivity index (χ0n) is 24.0. The summed E-state index contributed by atoms with van der Waals surface area (Å²) >= 11 is 6.27. The summed E-state index contributed by atoms with van der Waals surface area (Å²) in [4.78, 5) is 28.6. The molecule has 1 fully saturated rings. The number of anilines is 2. The first-order valence-corrected chi connectivity index (χ1v) is 16.2. The summed E-state index contributed by atoms with van der Waals surface area (Å²) < 4.78 is 28.9. The third-order valence-electron chi connectivity index (χ3n) is 7.61. The third kappa shape index (κ3) is 7.09. The SMILES string of the molecule is Cc1ccc(Cl)cc1N(Cc1ccc(C(=O)Nc2ccccc2C(=O)N2CCCCCC2)cc1)S(=O)(=O)c1ccccc1. The molecule has 222 valence electrons. The Labute approximate surface area is 258 Å². The Bertz CT molecular complexity index is 1700. The molecule has 0 bridgehead atoms. The molecule has 1 heterocycles. The fraction of sp³-hybridized carbons (Fsp3) is 0.235. The Kier molecular flexibility index (Phi) is 9.48. The number of hydrogen-bond donors (Lipinski definition) is 1. The van der Waals surface area contributed by atoms with E-state index in [1.165, 1.54) is 4.31 Å². The van der Waals surface area contributed by atoms with Crippen LogP contribution in [-0.2, 0) is 16.6 Å². The first-order chi connectivity index (χ1) is 20.7. The number of nitrogens with zero attached hydrogens (tertiary/aromatic N) is 2. The first kappa shape index (κ1) is 30.3. The molecule has 0 atom stereocenters. The number of hydrogen-bond acceptors (Lipinski definition) is 4. The van der Waals surface area contributed by atoms with E-state index in [4.69, 9.17) is 11.6 Å². The smallest absolute Gasteiger partial charge is 0.264 e. The average Bonchev–Trinajstić information content (AvgIpc) is 3.32. The monoisotopic (exact) mass is 615 g/mol. The molecule has 0 radical (unpaired) electrons. The summed E-state index contributed by atoms with van der Waals surface area (Å²) in [5.41, 5.74) is 3.23. The molecule has 0 aliphatic carbocycles. The van der Waals surface area contributed by atoms with E-state index in [2.05, 4.69) is 5.32 Å². The molecular weight excluding hydrogens is 582 g/mol. The van der Waals surface area contributed by atoms with Gasteiger partial charge in [0.1, 0.15) is 0 Å². The quantitative estimate of drug-likeness (QED) is 0.225.